The maximum atomic E-state index is 4.76. The summed E-state index contributed by atoms with van der Waals surface area (Å²) in [5, 5.41) is 0. The van der Waals surface area contributed by atoms with E-state index in [-0.39, 0.29) is 13.1 Å². The molecule has 0 radical (unpaired) electrons. The topological polar surface area (TPSA) is 45.3 Å². The minimum absolute atomic E-state index is 0.194. The molecular formula is C19H27Cl2FeN5P. The molecule has 1 aromatic heterocycles. The number of halogens is 2. The van der Waals surface area contributed by atoms with Crippen molar-refractivity contribution in [3.05, 3.63) is 52.3 Å². The van der Waals surface area contributed by atoms with Crippen LogP contribution in [0.25, 0.3) is 0 Å². The van der Waals surface area contributed by atoms with Crippen LogP contribution in [0.4, 0.5) is 5.69 Å². The van der Waals surface area contributed by atoms with Gasteiger partial charge in [-0.05, 0) is 60.1 Å². The van der Waals surface area contributed by atoms with Crippen LogP contribution in [0, 0.1) is 20.8 Å². The number of aryl methyl sites for hydroxylation is 3. The first-order chi connectivity index (χ1) is 13.2. The van der Waals surface area contributed by atoms with E-state index >= 15 is 0 Å². The average Bonchev–Trinajstić information content (AvgIpc) is 3.02. The number of benzene rings is 1. The van der Waals surface area contributed by atoms with Crippen molar-refractivity contribution in [2.24, 2.45) is 9.76 Å². The quantitative estimate of drug-likeness (QED) is 0.311. The molecule has 1 aromatic carbocycles. The SMILES string of the molecule is Cc1cc(C)c(N=Cc2ccc(/C=N/P(N(C)C)N(C)C)[n-]2)c(C)c1.[Cl][Fe+][Cl]. The fourth-order valence-electron chi connectivity index (χ4n) is 2.72. The Balaban J connectivity index is 0.00000122. The van der Waals surface area contributed by atoms with Crippen LogP contribution in [0.5, 0.6) is 0 Å². The third-order valence-corrected chi connectivity index (χ3v) is 5.41. The molecule has 0 atom stereocenters. The van der Waals surface area contributed by atoms with Gasteiger partial charge in [0.2, 0.25) is 0 Å². The summed E-state index contributed by atoms with van der Waals surface area (Å²) in [5.74, 6) is 0. The molecule has 0 aliphatic heterocycles. The second kappa shape index (κ2) is 12.8. The van der Waals surface area contributed by atoms with E-state index in [4.69, 9.17) is 20.2 Å². The number of nitrogens with zero attached hydrogens (tertiary/aromatic N) is 5. The number of aromatic nitrogens is 1. The van der Waals surface area contributed by atoms with Crippen molar-refractivity contribution in [2.45, 2.75) is 20.8 Å². The van der Waals surface area contributed by atoms with Gasteiger partial charge in [0.15, 0.2) is 8.37 Å². The van der Waals surface area contributed by atoms with Crippen molar-refractivity contribution in [1.29, 1.82) is 0 Å². The van der Waals surface area contributed by atoms with Crippen molar-refractivity contribution in [3.63, 3.8) is 0 Å². The molecule has 0 bridgehead atoms. The van der Waals surface area contributed by atoms with E-state index in [0.29, 0.717) is 0 Å². The Labute approximate surface area is 184 Å². The molecule has 0 aliphatic carbocycles. The molecular weight excluding hydrogens is 456 g/mol. The van der Waals surface area contributed by atoms with Gasteiger partial charge in [0.05, 0.1) is 5.69 Å². The zero-order valence-corrected chi connectivity index (χ0v) is 20.8. The van der Waals surface area contributed by atoms with Crippen LogP contribution in [0.1, 0.15) is 28.1 Å². The number of rotatable bonds is 6. The van der Waals surface area contributed by atoms with Gasteiger partial charge in [0.25, 0.3) is 0 Å². The Morgan fingerprint density at radius 3 is 1.86 bits per heavy atom. The molecule has 0 unspecified atom stereocenters. The zero-order chi connectivity index (χ0) is 21.3. The molecule has 0 saturated carbocycles. The van der Waals surface area contributed by atoms with E-state index in [2.05, 4.69) is 57.0 Å². The standard InChI is InChI=1S/C19H27N5P.2ClH.Fe/c1-14-10-15(2)19(16(3)11-14)20-12-17-8-9-18(22-17)13-21-25(23(4)5)24(6)7;;;/h8-13H,1-7H3;2*1H;/q-1;;;+3/p-2/b20-12?,21-13+;;;. The zero-order valence-electron chi connectivity index (χ0n) is 17.3. The van der Waals surface area contributed by atoms with Gasteiger partial charge in [0.1, 0.15) is 0 Å². The van der Waals surface area contributed by atoms with Crippen molar-refractivity contribution in [1.82, 2.24) is 14.3 Å². The van der Waals surface area contributed by atoms with Crippen LogP contribution in [0.15, 0.2) is 34.0 Å². The van der Waals surface area contributed by atoms with E-state index in [1.54, 1.807) is 0 Å². The van der Waals surface area contributed by atoms with E-state index in [1.807, 2.05) is 52.8 Å². The Hall–Kier alpha value is -0.711. The number of aliphatic imine (C=N–C) groups is 1. The first-order valence-corrected chi connectivity index (χ1v) is 12.7. The molecule has 0 amide bonds. The molecule has 5 nitrogen and oxygen atoms in total. The first-order valence-electron chi connectivity index (χ1n) is 8.49. The molecule has 0 N–H and O–H groups in total. The summed E-state index contributed by atoms with van der Waals surface area (Å²) in [6.45, 7) is 6.29. The van der Waals surface area contributed by atoms with Crippen LogP contribution in [0.3, 0.4) is 0 Å². The van der Waals surface area contributed by atoms with Crippen LogP contribution in [0.2, 0.25) is 0 Å². The normalized spacial score (nSPS) is 11.9. The fourth-order valence-corrected chi connectivity index (χ4v) is 4.07. The van der Waals surface area contributed by atoms with Crippen molar-refractivity contribution < 1.29 is 13.1 Å². The van der Waals surface area contributed by atoms with E-state index in [1.165, 1.54) is 16.7 Å². The van der Waals surface area contributed by atoms with Crippen molar-refractivity contribution >= 4 is 46.7 Å². The van der Waals surface area contributed by atoms with Gasteiger partial charge in [-0.3, -0.25) is 14.3 Å². The molecule has 155 valence electrons. The van der Waals surface area contributed by atoms with Gasteiger partial charge < -0.3 is 4.98 Å². The molecule has 0 aliphatic rings. The molecule has 28 heavy (non-hydrogen) atoms. The minimum atomic E-state index is -0.686. The molecule has 9 heteroatoms. The Kier molecular flexibility index (Phi) is 11.5. The Morgan fingerprint density at radius 2 is 1.39 bits per heavy atom. The van der Waals surface area contributed by atoms with Gasteiger partial charge >= 0.3 is 33.3 Å². The summed E-state index contributed by atoms with van der Waals surface area (Å²) < 4.78 is 8.87. The first kappa shape index (κ1) is 25.3. The Morgan fingerprint density at radius 1 is 0.929 bits per heavy atom. The van der Waals surface area contributed by atoms with Gasteiger partial charge in [-0.25, -0.2) is 4.76 Å². The predicted octanol–water partition coefficient (Wildman–Crippen LogP) is 5.47. The molecule has 0 fully saturated rings. The summed E-state index contributed by atoms with van der Waals surface area (Å²) >= 11 is 0.194. The van der Waals surface area contributed by atoms with Crippen LogP contribution >= 0.6 is 28.6 Å². The van der Waals surface area contributed by atoms with Gasteiger partial charge in [-0.1, -0.05) is 29.8 Å². The monoisotopic (exact) mass is 482 g/mol. The van der Waals surface area contributed by atoms with Crippen molar-refractivity contribution in [2.75, 3.05) is 28.2 Å². The molecule has 2 rings (SSSR count). The van der Waals surface area contributed by atoms with E-state index < -0.39 is 8.37 Å². The molecule has 2 aromatic rings. The second-order valence-corrected chi connectivity index (χ2v) is 10.7. The summed E-state index contributed by atoms with van der Waals surface area (Å²) in [6, 6.07) is 8.25. The molecule has 1 heterocycles. The average molecular weight is 483 g/mol. The summed E-state index contributed by atoms with van der Waals surface area (Å²) in [4.78, 5) is 9.20. The van der Waals surface area contributed by atoms with E-state index in [9.17, 15) is 0 Å². The van der Waals surface area contributed by atoms with Gasteiger partial charge in [0, 0.05) is 12.4 Å². The van der Waals surface area contributed by atoms with Crippen molar-refractivity contribution in [3.8, 4) is 0 Å². The van der Waals surface area contributed by atoms with E-state index in [0.717, 1.165) is 17.1 Å². The summed E-state index contributed by atoms with van der Waals surface area (Å²) in [7, 11) is 17.0. The van der Waals surface area contributed by atoms with Crippen LogP contribution < -0.4 is 4.98 Å². The maximum absolute atomic E-state index is 4.76. The van der Waals surface area contributed by atoms with Gasteiger partial charge in [-0.15, -0.1) is 11.4 Å². The third-order valence-electron chi connectivity index (χ3n) is 3.65. The predicted molar refractivity (Wildman–Crippen MR) is 121 cm³/mol. The second-order valence-electron chi connectivity index (χ2n) is 6.56. The Bertz CT molecular complexity index is 774. The fraction of sp³-hybridized carbons (Fsp3) is 0.368. The van der Waals surface area contributed by atoms with Crippen LogP contribution in [-0.4, -0.2) is 50.0 Å². The number of hydrogen-bond acceptors (Lipinski definition) is 4. The summed E-state index contributed by atoms with van der Waals surface area (Å²) in [5.41, 5.74) is 6.36. The summed E-state index contributed by atoms with van der Waals surface area (Å²) in [6.07, 6.45) is 3.66. The van der Waals surface area contributed by atoms with Crippen LogP contribution in [-0.2, 0) is 13.1 Å². The molecule has 0 spiro atoms. The number of hydrogen-bond donors (Lipinski definition) is 0. The molecule has 0 saturated heterocycles. The van der Waals surface area contributed by atoms with Gasteiger partial charge in [-0.2, -0.15) is 0 Å². The third kappa shape index (κ3) is 8.34.